The average Bonchev–Trinajstić information content (AvgIpc) is 3.42. The number of nitrogens with one attached hydrogen (secondary N) is 1. The van der Waals surface area contributed by atoms with Gasteiger partial charge in [0.15, 0.2) is 0 Å². The van der Waals surface area contributed by atoms with E-state index in [0.717, 1.165) is 28.8 Å². The Morgan fingerprint density at radius 1 is 1.09 bits per heavy atom. The Morgan fingerprint density at radius 2 is 1.78 bits per heavy atom. The summed E-state index contributed by atoms with van der Waals surface area (Å²) >= 11 is 16.2. The summed E-state index contributed by atoms with van der Waals surface area (Å²) in [6.45, 7) is 3.91. The Kier molecular flexibility index (Phi) is 6.23. The van der Waals surface area contributed by atoms with Crippen molar-refractivity contribution in [2.75, 3.05) is 18.1 Å². The predicted molar refractivity (Wildman–Crippen MR) is 133 cm³/mol. The molecule has 0 radical (unpaired) electrons. The van der Waals surface area contributed by atoms with Crippen LogP contribution in [0.5, 0.6) is 0 Å². The van der Waals surface area contributed by atoms with E-state index in [4.69, 9.17) is 28.3 Å². The Bertz CT molecular complexity index is 1050. The third-order valence-corrected chi connectivity index (χ3v) is 8.04. The molecular weight excluding hydrogens is 511 g/mol. The molecule has 0 spiro atoms. The van der Waals surface area contributed by atoms with Gasteiger partial charge in [-0.1, -0.05) is 64.6 Å². The summed E-state index contributed by atoms with van der Waals surface area (Å²) in [5.74, 6) is 1.16. The lowest BCUT2D eigenvalue weighted by molar-refractivity contribution is -0.119. The Balaban J connectivity index is 1.44. The van der Waals surface area contributed by atoms with Gasteiger partial charge in [0, 0.05) is 28.5 Å². The van der Waals surface area contributed by atoms with Crippen LogP contribution in [0.2, 0.25) is 10.0 Å². The fourth-order valence-electron chi connectivity index (χ4n) is 5.37. The van der Waals surface area contributed by atoms with Crippen LogP contribution in [0.4, 0.5) is 5.69 Å². The molecular formula is C24H25BrCl2N4O. The summed E-state index contributed by atoms with van der Waals surface area (Å²) in [7, 11) is 0. The highest BCUT2D eigenvalue weighted by atomic mass is 79.9. The van der Waals surface area contributed by atoms with Crippen LogP contribution in [0.15, 0.2) is 52.0 Å². The van der Waals surface area contributed by atoms with Gasteiger partial charge >= 0.3 is 0 Å². The molecule has 2 unspecified atom stereocenters. The number of carbonyl (C=O) groups excluding carboxylic acids is 1. The van der Waals surface area contributed by atoms with E-state index in [0.29, 0.717) is 27.6 Å². The van der Waals surface area contributed by atoms with Gasteiger partial charge in [-0.25, -0.2) is 5.01 Å². The zero-order valence-corrected chi connectivity index (χ0v) is 20.9. The van der Waals surface area contributed by atoms with E-state index in [1.807, 2.05) is 30.1 Å². The second kappa shape index (κ2) is 8.98. The maximum Gasteiger partial charge on any atom is 0.282 e. The Hall–Kier alpha value is -1.60. The molecule has 2 fully saturated rings. The van der Waals surface area contributed by atoms with Gasteiger partial charge < -0.3 is 0 Å². The molecule has 1 amide bonds. The second-order valence-corrected chi connectivity index (χ2v) is 10.8. The minimum Gasteiger partial charge on any atom is -0.284 e. The van der Waals surface area contributed by atoms with Crippen molar-refractivity contribution in [1.29, 1.82) is 0 Å². The number of anilines is 1. The van der Waals surface area contributed by atoms with Crippen molar-refractivity contribution < 1.29 is 4.79 Å². The number of hydrazone groups is 1. The number of fused-ring (bicyclic) bond motifs is 1. The number of carbonyl (C=O) groups is 1. The Labute approximate surface area is 206 Å². The molecule has 1 N–H and O–H groups in total. The molecule has 4 atom stereocenters. The number of halogens is 3. The third-order valence-electron chi connectivity index (χ3n) is 6.97. The van der Waals surface area contributed by atoms with Crippen LogP contribution < -0.4 is 10.4 Å². The molecule has 0 aromatic heterocycles. The maximum atomic E-state index is 13.3. The topological polar surface area (TPSA) is 47.9 Å². The number of amides is 1. The summed E-state index contributed by atoms with van der Waals surface area (Å²) in [5, 5.41) is 9.81. The number of rotatable bonds is 4. The summed E-state index contributed by atoms with van der Waals surface area (Å²) in [4.78, 5) is 13.3. The number of nitrogens with zero attached hydrogens (tertiary/aromatic N) is 3. The molecule has 1 saturated carbocycles. The normalized spacial score (nSPS) is 27.5. The lowest BCUT2D eigenvalue weighted by atomic mass is 9.91. The van der Waals surface area contributed by atoms with E-state index >= 15 is 0 Å². The first-order valence-corrected chi connectivity index (χ1v) is 12.6. The van der Waals surface area contributed by atoms with E-state index in [2.05, 4.69) is 38.5 Å². The van der Waals surface area contributed by atoms with E-state index < -0.39 is 0 Å². The van der Waals surface area contributed by atoms with Crippen molar-refractivity contribution in [1.82, 2.24) is 10.4 Å². The van der Waals surface area contributed by atoms with E-state index in [9.17, 15) is 4.79 Å². The first kappa shape index (κ1) is 22.2. The molecule has 5 nitrogen and oxygen atoms in total. The van der Waals surface area contributed by atoms with Gasteiger partial charge in [0.2, 0.25) is 0 Å². The van der Waals surface area contributed by atoms with E-state index in [-0.39, 0.29) is 17.9 Å². The minimum absolute atomic E-state index is 0.120. The van der Waals surface area contributed by atoms with Crippen molar-refractivity contribution in [3.05, 3.63) is 62.5 Å². The van der Waals surface area contributed by atoms with E-state index in [1.165, 1.54) is 19.3 Å². The molecule has 2 aliphatic heterocycles. The maximum absolute atomic E-state index is 13.3. The van der Waals surface area contributed by atoms with Crippen LogP contribution >= 0.6 is 39.1 Å². The monoisotopic (exact) mass is 534 g/mol. The lowest BCUT2D eigenvalue weighted by Gasteiger charge is -2.27. The number of hydrogen-bond acceptors (Lipinski definition) is 4. The fourth-order valence-corrected chi connectivity index (χ4v) is 6.13. The molecule has 2 heterocycles. The smallest absolute Gasteiger partial charge is 0.282 e. The van der Waals surface area contributed by atoms with Gasteiger partial charge in [-0.2, -0.15) is 5.10 Å². The molecule has 32 heavy (non-hydrogen) atoms. The second-order valence-electron chi connectivity index (χ2n) is 9.01. The third kappa shape index (κ3) is 4.18. The van der Waals surface area contributed by atoms with Gasteiger partial charge in [-0.05, 0) is 60.6 Å². The summed E-state index contributed by atoms with van der Waals surface area (Å²) < 4.78 is 1.00. The van der Waals surface area contributed by atoms with Crippen LogP contribution in [0, 0.1) is 17.8 Å². The zero-order valence-electron chi connectivity index (χ0n) is 17.8. The number of benzene rings is 2. The Morgan fingerprint density at radius 3 is 2.44 bits per heavy atom. The van der Waals surface area contributed by atoms with Crippen LogP contribution in [0.1, 0.15) is 37.8 Å². The molecule has 8 heteroatoms. The van der Waals surface area contributed by atoms with Gasteiger partial charge in [-0.3, -0.25) is 15.2 Å². The summed E-state index contributed by atoms with van der Waals surface area (Å²) in [5.41, 5.74) is 5.44. The molecule has 3 aliphatic rings. The van der Waals surface area contributed by atoms with Gasteiger partial charge in [0.05, 0.1) is 16.8 Å². The van der Waals surface area contributed by atoms with Crippen molar-refractivity contribution in [2.24, 2.45) is 22.9 Å². The molecule has 2 aromatic carbocycles. The molecule has 1 saturated heterocycles. The molecule has 1 aliphatic carbocycles. The van der Waals surface area contributed by atoms with Gasteiger partial charge in [-0.15, -0.1) is 0 Å². The van der Waals surface area contributed by atoms with Crippen LogP contribution in [-0.4, -0.2) is 29.7 Å². The first-order valence-electron chi connectivity index (χ1n) is 11.0. The van der Waals surface area contributed by atoms with Crippen LogP contribution in [0.3, 0.4) is 0 Å². The summed E-state index contributed by atoms with van der Waals surface area (Å²) in [6, 6.07) is 13.3. The molecule has 2 aromatic rings. The number of hydrazine groups is 1. The van der Waals surface area contributed by atoms with Crippen molar-refractivity contribution in [2.45, 2.75) is 32.2 Å². The fraction of sp³-hybridized carbons (Fsp3) is 0.417. The SMILES string of the molecule is C[C@H]1C(C(=O)NN2CC3CCCC3C2)=NN(c2ccc(Cl)cc2Cl)[C@@H]1c1ccc(Br)cc1. The quantitative estimate of drug-likeness (QED) is 0.516. The minimum atomic E-state index is -0.152. The zero-order chi connectivity index (χ0) is 22.4. The van der Waals surface area contributed by atoms with Gasteiger partial charge in [0.25, 0.3) is 5.91 Å². The summed E-state index contributed by atoms with van der Waals surface area (Å²) in [6.07, 6.45) is 3.85. The first-order chi connectivity index (χ1) is 15.4. The standard InChI is InChI=1S/C24H25BrCl2N4O/c1-14-22(24(32)29-30-12-16-3-2-4-17(16)13-30)28-31(21-10-9-19(26)11-20(21)27)23(14)15-5-7-18(25)8-6-15/h5-11,14,16-17,23H,2-4,12-13H2,1H3,(H,29,32)/t14-,16?,17?,23-/m0/s1. The van der Waals surface area contributed by atoms with Crippen molar-refractivity contribution in [3.63, 3.8) is 0 Å². The van der Waals surface area contributed by atoms with Gasteiger partial charge in [0.1, 0.15) is 5.71 Å². The highest BCUT2D eigenvalue weighted by Gasteiger charge is 2.42. The molecule has 168 valence electrons. The molecule has 5 rings (SSSR count). The van der Waals surface area contributed by atoms with Crippen LogP contribution in [0.25, 0.3) is 0 Å². The van der Waals surface area contributed by atoms with Crippen LogP contribution in [-0.2, 0) is 4.79 Å². The molecule has 0 bridgehead atoms. The average molecular weight is 536 g/mol. The largest absolute Gasteiger partial charge is 0.284 e. The highest BCUT2D eigenvalue weighted by Crippen LogP contribution is 2.43. The number of hydrogen-bond donors (Lipinski definition) is 1. The van der Waals surface area contributed by atoms with Crippen molar-refractivity contribution in [3.8, 4) is 0 Å². The van der Waals surface area contributed by atoms with E-state index in [1.54, 1.807) is 12.1 Å². The predicted octanol–water partition coefficient (Wildman–Crippen LogP) is 6.07. The van der Waals surface area contributed by atoms with Crippen molar-refractivity contribution >= 4 is 56.4 Å². The lowest BCUT2D eigenvalue weighted by Crippen LogP contribution is -2.45. The highest BCUT2D eigenvalue weighted by molar-refractivity contribution is 9.10.